The van der Waals surface area contributed by atoms with Gasteiger partial charge in [-0.3, -0.25) is 4.79 Å². The summed E-state index contributed by atoms with van der Waals surface area (Å²) < 4.78 is 13.3. The predicted molar refractivity (Wildman–Crippen MR) is 95.4 cm³/mol. The number of rotatable bonds is 4. The predicted octanol–water partition coefficient (Wildman–Crippen LogP) is 4.12. The molecule has 1 aromatic carbocycles. The van der Waals surface area contributed by atoms with Crippen LogP contribution in [0.15, 0.2) is 30.3 Å². The van der Waals surface area contributed by atoms with Crippen LogP contribution in [0.3, 0.4) is 0 Å². The molecule has 2 aromatic rings. The normalized spacial score (nSPS) is 15.4. The largest absolute Gasteiger partial charge is 0.348 e. The third-order valence-corrected chi connectivity index (χ3v) is 4.36. The van der Waals surface area contributed by atoms with Gasteiger partial charge in [-0.15, -0.1) is 0 Å². The average Bonchev–Trinajstić information content (AvgIpc) is 2.83. The lowest BCUT2D eigenvalue weighted by Gasteiger charge is -2.16. The number of carbonyl (C=O) groups excluding carboxylic acids is 1. The Balaban J connectivity index is 1.73. The summed E-state index contributed by atoms with van der Waals surface area (Å²) in [6, 6.07) is 7.93. The highest BCUT2D eigenvalue weighted by atomic mass is 19.1. The second-order valence-electron chi connectivity index (χ2n) is 6.48. The van der Waals surface area contributed by atoms with Crippen molar-refractivity contribution >= 4 is 17.4 Å². The van der Waals surface area contributed by atoms with Gasteiger partial charge in [-0.05, 0) is 38.0 Å². The van der Waals surface area contributed by atoms with Crippen molar-refractivity contribution in [2.45, 2.75) is 51.5 Å². The van der Waals surface area contributed by atoms with E-state index in [0.29, 0.717) is 23.0 Å². The van der Waals surface area contributed by atoms with Gasteiger partial charge in [0.1, 0.15) is 23.2 Å². The molecule has 1 amide bonds. The number of anilines is 2. The van der Waals surface area contributed by atoms with Gasteiger partial charge in [0.15, 0.2) is 0 Å². The number of carbonyl (C=O) groups is 1. The van der Waals surface area contributed by atoms with E-state index < -0.39 is 0 Å². The van der Waals surface area contributed by atoms with Gasteiger partial charge in [-0.25, -0.2) is 14.4 Å². The molecule has 0 bridgehead atoms. The molecule has 0 atom stereocenters. The van der Waals surface area contributed by atoms with Crippen LogP contribution in [-0.2, 0) is 0 Å². The lowest BCUT2D eigenvalue weighted by atomic mass is 10.1. The number of hydrogen-bond donors (Lipinski definition) is 2. The van der Waals surface area contributed by atoms with E-state index in [1.54, 1.807) is 25.1 Å². The van der Waals surface area contributed by atoms with Gasteiger partial charge in [-0.1, -0.05) is 31.7 Å². The monoisotopic (exact) mass is 342 g/mol. The fraction of sp³-hybridized carbons (Fsp3) is 0.421. The highest BCUT2D eigenvalue weighted by molar-refractivity contribution is 5.93. The third-order valence-electron chi connectivity index (χ3n) is 4.36. The number of aryl methyl sites for hydroxylation is 1. The summed E-state index contributed by atoms with van der Waals surface area (Å²) in [5.74, 6) is 0.457. The van der Waals surface area contributed by atoms with Crippen molar-refractivity contribution in [3.63, 3.8) is 0 Å². The molecule has 0 radical (unpaired) electrons. The minimum atomic E-state index is -0.331. The van der Waals surface area contributed by atoms with Crippen LogP contribution in [0.2, 0.25) is 0 Å². The smallest absolute Gasteiger partial charge is 0.270 e. The van der Waals surface area contributed by atoms with Crippen molar-refractivity contribution in [3.8, 4) is 0 Å². The van der Waals surface area contributed by atoms with Crippen molar-refractivity contribution < 1.29 is 9.18 Å². The molecule has 0 unspecified atom stereocenters. The molecule has 1 aliphatic carbocycles. The van der Waals surface area contributed by atoms with Crippen LogP contribution in [0.4, 0.5) is 15.9 Å². The van der Waals surface area contributed by atoms with E-state index in [1.165, 1.54) is 25.0 Å². The van der Waals surface area contributed by atoms with Gasteiger partial charge < -0.3 is 10.6 Å². The van der Waals surface area contributed by atoms with Crippen molar-refractivity contribution in [2.24, 2.45) is 0 Å². The molecular weight excluding hydrogens is 319 g/mol. The SMILES string of the molecule is Cc1nc(Nc2cccc(F)c2)cc(C(=O)NC2CCCCCC2)n1. The van der Waals surface area contributed by atoms with Crippen LogP contribution in [0, 0.1) is 12.7 Å². The van der Waals surface area contributed by atoms with E-state index in [2.05, 4.69) is 20.6 Å². The van der Waals surface area contributed by atoms with Crippen molar-refractivity contribution in [1.29, 1.82) is 0 Å². The summed E-state index contributed by atoms with van der Waals surface area (Å²) >= 11 is 0. The molecule has 1 heterocycles. The minimum Gasteiger partial charge on any atom is -0.348 e. The van der Waals surface area contributed by atoms with Gasteiger partial charge in [0, 0.05) is 17.8 Å². The number of nitrogens with zero attached hydrogens (tertiary/aromatic N) is 2. The fourth-order valence-corrected chi connectivity index (χ4v) is 3.15. The van der Waals surface area contributed by atoms with Crippen LogP contribution < -0.4 is 10.6 Å². The summed E-state index contributed by atoms with van der Waals surface area (Å²) in [6.45, 7) is 1.74. The van der Waals surface area contributed by atoms with E-state index in [9.17, 15) is 9.18 Å². The number of amides is 1. The Morgan fingerprint density at radius 2 is 1.88 bits per heavy atom. The van der Waals surface area contributed by atoms with E-state index in [-0.39, 0.29) is 17.8 Å². The Hall–Kier alpha value is -2.50. The Bertz CT molecular complexity index is 742. The zero-order valence-corrected chi connectivity index (χ0v) is 14.4. The maximum atomic E-state index is 13.3. The number of nitrogens with one attached hydrogen (secondary N) is 2. The summed E-state index contributed by atoms with van der Waals surface area (Å²) in [5.41, 5.74) is 0.906. The fourth-order valence-electron chi connectivity index (χ4n) is 3.15. The average molecular weight is 342 g/mol. The van der Waals surface area contributed by atoms with Crippen LogP contribution in [0.5, 0.6) is 0 Å². The molecule has 1 fully saturated rings. The number of aromatic nitrogens is 2. The number of hydrogen-bond acceptors (Lipinski definition) is 4. The molecule has 1 aliphatic rings. The van der Waals surface area contributed by atoms with Crippen LogP contribution in [-0.4, -0.2) is 21.9 Å². The van der Waals surface area contributed by atoms with Crippen LogP contribution in [0.25, 0.3) is 0 Å². The molecular formula is C19H23FN4O. The highest BCUT2D eigenvalue weighted by Crippen LogP contribution is 2.19. The summed E-state index contributed by atoms with van der Waals surface area (Å²) in [4.78, 5) is 21.1. The maximum absolute atomic E-state index is 13.3. The van der Waals surface area contributed by atoms with Crippen LogP contribution in [0.1, 0.15) is 54.8 Å². The van der Waals surface area contributed by atoms with Crippen molar-refractivity contribution in [1.82, 2.24) is 15.3 Å². The van der Waals surface area contributed by atoms with Crippen molar-refractivity contribution in [3.05, 3.63) is 47.7 Å². The van der Waals surface area contributed by atoms with Gasteiger partial charge in [0.05, 0.1) is 0 Å². The van der Waals surface area contributed by atoms with Gasteiger partial charge in [0.2, 0.25) is 0 Å². The highest BCUT2D eigenvalue weighted by Gasteiger charge is 2.17. The molecule has 1 aromatic heterocycles. The lowest BCUT2D eigenvalue weighted by molar-refractivity contribution is 0.0928. The zero-order valence-electron chi connectivity index (χ0n) is 14.4. The maximum Gasteiger partial charge on any atom is 0.270 e. The van der Waals surface area contributed by atoms with E-state index in [1.807, 2.05) is 0 Å². The second-order valence-corrected chi connectivity index (χ2v) is 6.48. The van der Waals surface area contributed by atoms with Gasteiger partial charge >= 0.3 is 0 Å². The molecule has 6 heteroatoms. The van der Waals surface area contributed by atoms with Gasteiger partial charge in [-0.2, -0.15) is 0 Å². The Morgan fingerprint density at radius 1 is 1.12 bits per heavy atom. The van der Waals surface area contributed by atoms with Gasteiger partial charge in [0.25, 0.3) is 5.91 Å². The zero-order chi connectivity index (χ0) is 17.6. The summed E-state index contributed by atoms with van der Waals surface area (Å²) in [6.07, 6.45) is 6.82. The van der Waals surface area contributed by atoms with Crippen molar-refractivity contribution in [2.75, 3.05) is 5.32 Å². The van der Waals surface area contributed by atoms with E-state index >= 15 is 0 Å². The molecule has 0 aliphatic heterocycles. The van der Waals surface area contributed by atoms with E-state index in [0.717, 1.165) is 25.7 Å². The molecule has 1 saturated carbocycles. The van der Waals surface area contributed by atoms with E-state index in [4.69, 9.17) is 0 Å². The first kappa shape index (κ1) is 17.3. The Labute approximate surface area is 147 Å². The number of benzene rings is 1. The topological polar surface area (TPSA) is 66.9 Å². The molecule has 5 nitrogen and oxygen atoms in total. The molecule has 25 heavy (non-hydrogen) atoms. The first-order chi connectivity index (χ1) is 12.1. The first-order valence-corrected chi connectivity index (χ1v) is 8.79. The van der Waals surface area contributed by atoms with Crippen LogP contribution >= 0.6 is 0 Å². The summed E-state index contributed by atoms with van der Waals surface area (Å²) in [5, 5.41) is 6.11. The second kappa shape index (κ2) is 8.05. The third kappa shape index (κ3) is 4.98. The standard InChI is InChI=1S/C19H23FN4O/c1-13-21-17(19(25)24-15-8-4-2-3-5-9-15)12-18(22-13)23-16-10-6-7-14(20)11-16/h6-7,10-12,15H,2-5,8-9H2,1H3,(H,24,25)(H,21,22,23). The number of halogens is 1. The summed E-state index contributed by atoms with van der Waals surface area (Å²) in [7, 11) is 0. The Kier molecular flexibility index (Phi) is 5.58. The molecule has 132 valence electrons. The first-order valence-electron chi connectivity index (χ1n) is 8.79. The molecule has 2 N–H and O–H groups in total. The quantitative estimate of drug-likeness (QED) is 0.820. The molecule has 3 rings (SSSR count). The Morgan fingerprint density at radius 3 is 2.60 bits per heavy atom. The lowest BCUT2D eigenvalue weighted by Crippen LogP contribution is -2.35. The minimum absolute atomic E-state index is 0.181. The molecule has 0 spiro atoms. The molecule has 0 saturated heterocycles.